The van der Waals surface area contributed by atoms with Crippen LogP contribution in [0.5, 0.6) is 5.75 Å². The summed E-state index contributed by atoms with van der Waals surface area (Å²) in [5, 5.41) is 0.324. The van der Waals surface area contributed by atoms with Crippen molar-refractivity contribution in [2.24, 2.45) is 0 Å². The summed E-state index contributed by atoms with van der Waals surface area (Å²) in [6, 6.07) is 11.4. The Kier molecular flexibility index (Phi) is 5.28. The first-order chi connectivity index (χ1) is 11.3. The second kappa shape index (κ2) is 7.59. The molecule has 0 spiro atoms. The van der Waals surface area contributed by atoms with Crippen LogP contribution >= 0.6 is 11.8 Å². The van der Waals surface area contributed by atoms with E-state index in [-0.39, 0.29) is 5.91 Å². The summed E-state index contributed by atoms with van der Waals surface area (Å²) in [7, 11) is 0. The highest BCUT2D eigenvalue weighted by molar-refractivity contribution is 7.99. The van der Waals surface area contributed by atoms with E-state index in [1.54, 1.807) is 6.26 Å². The van der Waals surface area contributed by atoms with Crippen LogP contribution in [-0.4, -0.2) is 36.3 Å². The van der Waals surface area contributed by atoms with Crippen LogP contribution in [0.15, 0.2) is 47.1 Å². The Morgan fingerprint density at radius 2 is 2.17 bits per heavy atom. The highest BCUT2D eigenvalue weighted by atomic mass is 32.2. The van der Waals surface area contributed by atoms with E-state index in [1.165, 1.54) is 0 Å². The number of hydrogen-bond acceptors (Lipinski definition) is 4. The first kappa shape index (κ1) is 16.0. The monoisotopic (exact) mass is 331 g/mol. The predicted octanol–water partition coefficient (Wildman–Crippen LogP) is 4.00. The van der Waals surface area contributed by atoms with Crippen molar-refractivity contribution in [2.75, 3.05) is 25.4 Å². The lowest BCUT2D eigenvalue weighted by Crippen LogP contribution is -2.33. The van der Waals surface area contributed by atoms with Gasteiger partial charge in [0.1, 0.15) is 11.5 Å². The zero-order valence-corrected chi connectivity index (χ0v) is 14.1. The maximum absolute atomic E-state index is 12.9. The normalized spacial score (nSPS) is 18.5. The summed E-state index contributed by atoms with van der Waals surface area (Å²) < 4.78 is 11.1. The number of para-hydroxylation sites is 1. The van der Waals surface area contributed by atoms with E-state index in [0.717, 1.165) is 31.0 Å². The standard InChI is InChI=1S/C18H21NO3S/c1-2-21-15-7-4-3-6-14(15)18(20)19-10-9-17(23-13-11-19)16-8-5-12-22-16/h3-8,12,17H,2,9-11,13H2,1H3. The van der Waals surface area contributed by atoms with Crippen molar-refractivity contribution in [1.29, 1.82) is 0 Å². The number of furan rings is 1. The molecule has 1 saturated heterocycles. The minimum absolute atomic E-state index is 0.0507. The average molecular weight is 331 g/mol. The second-order valence-electron chi connectivity index (χ2n) is 5.38. The summed E-state index contributed by atoms with van der Waals surface area (Å²) in [5.41, 5.74) is 0.649. The third-order valence-corrected chi connectivity index (χ3v) is 5.20. The highest BCUT2D eigenvalue weighted by Crippen LogP contribution is 2.35. The van der Waals surface area contributed by atoms with Crippen molar-refractivity contribution in [3.05, 3.63) is 54.0 Å². The van der Waals surface area contributed by atoms with Gasteiger partial charge < -0.3 is 14.1 Å². The van der Waals surface area contributed by atoms with Crippen molar-refractivity contribution in [3.8, 4) is 5.75 Å². The van der Waals surface area contributed by atoms with Gasteiger partial charge in [-0.3, -0.25) is 4.79 Å². The molecule has 1 aromatic heterocycles. The van der Waals surface area contributed by atoms with Crippen molar-refractivity contribution >= 4 is 17.7 Å². The quantitative estimate of drug-likeness (QED) is 0.849. The number of carbonyl (C=O) groups excluding carboxylic acids is 1. The molecule has 4 nitrogen and oxygen atoms in total. The number of nitrogens with zero attached hydrogens (tertiary/aromatic N) is 1. The van der Waals surface area contributed by atoms with E-state index in [4.69, 9.17) is 9.15 Å². The van der Waals surface area contributed by atoms with Crippen molar-refractivity contribution in [1.82, 2.24) is 4.90 Å². The van der Waals surface area contributed by atoms with Crippen LogP contribution in [-0.2, 0) is 0 Å². The lowest BCUT2D eigenvalue weighted by atomic mass is 10.1. The van der Waals surface area contributed by atoms with Gasteiger partial charge in [0.2, 0.25) is 0 Å². The molecule has 5 heteroatoms. The van der Waals surface area contributed by atoms with Crippen LogP contribution in [0.1, 0.15) is 34.7 Å². The van der Waals surface area contributed by atoms with E-state index < -0.39 is 0 Å². The molecule has 0 radical (unpaired) electrons. The first-order valence-corrected chi connectivity index (χ1v) is 9.00. The van der Waals surface area contributed by atoms with E-state index >= 15 is 0 Å². The molecule has 1 atom stereocenters. The Labute approximate surface area is 140 Å². The Hall–Kier alpha value is -1.88. The Morgan fingerprint density at radius 3 is 2.96 bits per heavy atom. The molecule has 0 aliphatic carbocycles. The molecule has 0 saturated carbocycles. The number of thioether (sulfide) groups is 1. The molecule has 2 heterocycles. The molecule has 23 heavy (non-hydrogen) atoms. The SMILES string of the molecule is CCOc1ccccc1C(=O)N1CCSC(c2ccco2)CC1. The number of benzene rings is 1. The minimum atomic E-state index is 0.0507. The van der Waals surface area contributed by atoms with E-state index in [0.29, 0.717) is 23.2 Å². The van der Waals surface area contributed by atoms with Crippen LogP contribution in [0.2, 0.25) is 0 Å². The van der Waals surface area contributed by atoms with Crippen LogP contribution < -0.4 is 4.74 Å². The highest BCUT2D eigenvalue weighted by Gasteiger charge is 2.25. The van der Waals surface area contributed by atoms with Crippen molar-refractivity contribution in [3.63, 3.8) is 0 Å². The van der Waals surface area contributed by atoms with E-state index in [9.17, 15) is 4.79 Å². The maximum Gasteiger partial charge on any atom is 0.257 e. The van der Waals surface area contributed by atoms with Gasteiger partial charge >= 0.3 is 0 Å². The molecular weight excluding hydrogens is 310 g/mol. The van der Waals surface area contributed by atoms with Crippen LogP contribution in [0.25, 0.3) is 0 Å². The second-order valence-corrected chi connectivity index (χ2v) is 6.70. The molecule has 122 valence electrons. The third-order valence-electron chi connectivity index (χ3n) is 3.91. The van der Waals surface area contributed by atoms with Gasteiger partial charge in [-0.05, 0) is 37.6 Å². The molecule has 0 N–H and O–H groups in total. The fourth-order valence-corrected chi connectivity index (χ4v) is 3.95. The summed E-state index contributed by atoms with van der Waals surface area (Å²) in [5.74, 6) is 2.63. The van der Waals surface area contributed by atoms with E-state index in [2.05, 4.69) is 0 Å². The summed E-state index contributed by atoms with van der Waals surface area (Å²) >= 11 is 1.85. The molecule has 1 fully saturated rings. The molecule has 1 aliphatic rings. The zero-order valence-electron chi connectivity index (χ0n) is 13.2. The molecular formula is C18H21NO3S. The molecule has 1 unspecified atom stereocenters. The number of ether oxygens (including phenoxy) is 1. The largest absolute Gasteiger partial charge is 0.493 e. The van der Waals surface area contributed by atoms with E-state index in [1.807, 2.05) is 60.0 Å². The minimum Gasteiger partial charge on any atom is -0.493 e. The fraction of sp³-hybridized carbons (Fsp3) is 0.389. The van der Waals surface area contributed by atoms with Crippen molar-refractivity contribution < 1.29 is 13.9 Å². The number of amides is 1. The predicted molar refractivity (Wildman–Crippen MR) is 92.0 cm³/mol. The smallest absolute Gasteiger partial charge is 0.257 e. The Morgan fingerprint density at radius 1 is 1.30 bits per heavy atom. The molecule has 2 aromatic rings. The topological polar surface area (TPSA) is 42.7 Å². The Bertz CT molecular complexity index is 641. The van der Waals surface area contributed by atoms with Gasteiger partial charge in [0.05, 0.1) is 23.7 Å². The summed E-state index contributed by atoms with van der Waals surface area (Å²) in [6.45, 7) is 3.97. The van der Waals surface area contributed by atoms with Crippen LogP contribution in [0.4, 0.5) is 0 Å². The van der Waals surface area contributed by atoms with Gasteiger partial charge in [-0.1, -0.05) is 12.1 Å². The molecule has 3 rings (SSSR count). The summed E-state index contributed by atoms with van der Waals surface area (Å²) in [6.07, 6.45) is 2.61. The lowest BCUT2D eigenvalue weighted by molar-refractivity contribution is 0.0762. The lowest BCUT2D eigenvalue weighted by Gasteiger charge is -2.21. The number of hydrogen-bond donors (Lipinski definition) is 0. The molecule has 1 aliphatic heterocycles. The van der Waals surface area contributed by atoms with Gasteiger partial charge in [-0.2, -0.15) is 0 Å². The molecule has 0 bridgehead atoms. The third kappa shape index (κ3) is 3.72. The molecule has 1 amide bonds. The maximum atomic E-state index is 12.9. The Balaban J connectivity index is 1.71. The number of rotatable bonds is 4. The first-order valence-electron chi connectivity index (χ1n) is 7.95. The van der Waals surface area contributed by atoms with Crippen LogP contribution in [0, 0.1) is 0 Å². The van der Waals surface area contributed by atoms with Gasteiger partial charge in [0, 0.05) is 18.8 Å². The van der Waals surface area contributed by atoms with Gasteiger partial charge in [-0.15, -0.1) is 11.8 Å². The molecule has 1 aromatic carbocycles. The van der Waals surface area contributed by atoms with Gasteiger partial charge in [0.15, 0.2) is 0 Å². The summed E-state index contributed by atoms with van der Waals surface area (Å²) in [4.78, 5) is 14.8. The van der Waals surface area contributed by atoms with Crippen LogP contribution in [0.3, 0.4) is 0 Å². The van der Waals surface area contributed by atoms with Gasteiger partial charge in [-0.25, -0.2) is 0 Å². The average Bonchev–Trinajstić information content (AvgIpc) is 3.00. The van der Waals surface area contributed by atoms with Crippen molar-refractivity contribution in [2.45, 2.75) is 18.6 Å². The zero-order chi connectivity index (χ0) is 16.1. The number of carbonyl (C=O) groups is 1. The fourth-order valence-electron chi connectivity index (χ4n) is 2.77. The van der Waals surface area contributed by atoms with Gasteiger partial charge in [0.25, 0.3) is 5.91 Å².